The molecule has 18 heavy (non-hydrogen) atoms. The molecule has 1 aromatic rings. The Hall–Kier alpha value is -0.220. The van der Waals surface area contributed by atoms with Gasteiger partial charge in [-0.1, -0.05) is 24.9 Å². The minimum Gasteiger partial charge on any atom is -0.392 e. The zero-order valence-electron chi connectivity index (χ0n) is 10.7. The molecule has 2 rings (SSSR count). The van der Waals surface area contributed by atoms with Gasteiger partial charge in [0.15, 0.2) is 0 Å². The summed E-state index contributed by atoms with van der Waals surface area (Å²) in [6.45, 7) is 2.75. The first-order chi connectivity index (χ1) is 8.70. The van der Waals surface area contributed by atoms with Gasteiger partial charge in [-0.25, -0.2) is 0 Å². The van der Waals surface area contributed by atoms with Crippen LogP contribution < -0.4 is 5.32 Å². The van der Waals surface area contributed by atoms with Gasteiger partial charge in [0.1, 0.15) is 0 Å². The van der Waals surface area contributed by atoms with Gasteiger partial charge in [0.2, 0.25) is 0 Å². The van der Waals surface area contributed by atoms with Crippen molar-refractivity contribution in [2.45, 2.75) is 43.2 Å². The Kier molecular flexibility index (Phi) is 5.37. The summed E-state index contributed by atoms with van der Waals surface area (Å²) in [5.41, 5.74) is 1.28. The van der Waals surface area contributed by atoms with Gasteiger partial charge < -0.3 is 10.4 Å². The maximum atomic E-state index is 9.79. The number of hydrogen-bond acceptors (Lipinski definition) is 3. The third-order valence-electron chi connectivity index (χ3n) is 3.23. The van der Waals surface area contributed by atoms with Gasteiger partial charge in [-0.2, -0.15) is 0 Å². The fourth-order valence-corrected chi connectivity index (χ4v) is 3.58. The van der Waals surface area contributed by atoms with Crippen LogP contribution in [0, 0.1) is 0 Å². The molecule has 100 valence electrons. The summed E-state index contributed by atoms with van der Waals surface area (Å²) < 4.78 is 0. The van der Waals surface area contributed by atoms with Crippen molar-refractivity contribution < 1.29 is 5.11 Å². The van der Waals surface area contributed by atoms with E-state index >= 15 is 0 Å². The molecule has 0 bridgehead atoms. The molecular formula is C14H20ClNOS. The van der Waals surface area contributed by atoms with Crippen molar-refractivity contribution >= 4 is 23.4 Å². The van der Waals surface area contributed by atoms with E-state index in [1.165, 1.54) is 10.5 Å². The fourth-order valence-electron chi connectivity index (χ4n) is 2.29. The van der Waals surface area contributed by atoms with Crippen molar-refractivity contribution in [3.63, 3.8) is 0 Å². The highest BCUT2D eigenvalue weighted by atomic mass is 35.5. The summed E-state index contributed by atoms with van der Waals surface area (Å²) in [7, 11) is 0. The minimum atomic E-state index is -0.243. The predicted octanol–water partition coefficient (Wildman–Crippen LogP) is 3.63. The van der Waals surface area contributed by atoms with E-state index in [0.29, 0.717) is 12.6 Å². The summed E-state index contributed by atoms with van der Waals surface area (Å²) in [5.74, 6) is 1.12. The highest BCUT2D eigenvalue weighted by Crippen LogP contribution is 2.37. The van der Waals surface area contributed by atoms with E-state index in [-0.39, 0.29) is 6.10 Å². The van der Waals surface area contributed by atoms with Crippen molar-refractivity contribution in [2.24, 2.45) is 0 Å². The number of aliphatic hydroxyl groups excluding tert-OH is 1. The first kappa shape index (κ1) is 14.2. The second-order valence-electron chi connectivity index (χ2n) is 4.72. The molecule has 2 N–H and O–H groups in total. The number of halogens is 1. The van der Waals surface area contributed by atoms with Crippen LogP contribution >= 0.6 is 23.4 Å². The van der Waals surface area contributed by atoms with E-state index in [9.17, 15) is 5.11 Å². The van der Waals surface area contributed by atoms with Crippen LogP contribution in [0.1, 0.15) is 37.8 Å². The molecule has 2 unspecified atom stereocenters. The maximum absolute atomic E-state index is 9.79. The maximum Gasteiger partial charge on any atom is 0.0664 e. The van der Waals surface area contributed by atoms with Crippen LogP contribution in [0.25, 0.3) is 0 Å². The van der Waals surface area contributed by atoms with E-state index in [1.807, 2.05) is 23.9 Å². The number of hydrogen-bond donors (Lipinski definition) is 2. The molecule has 1 aliphatic heterocycles. The van der Waals surface area contributed by atoms with Crippen molar-refractivity contribution in [1.29, 1.82) is 0 Å². The lowest BCUT2D eigenvalue weighted by Gasteiger charge is -2.27. The predicted molar refractivity (Wildman–Crippen MR) is 78.5 cm³/mol. The van der Waals surface area contributed by atoms with Crippen LogP contribution in [0.4, 0.5) is 0 Å². The average molecular weight is 286 g/mol. The molecule has 0 amide bonds. The van der Waals surface area contributed by atoms with Crippen LogP contribution in [0.15, 0.2) is 23.1 Å². The summed E-state index contributed by atoms with van der Waals surface area (Å²) in [6.07, 6.45) is 2.73. The highest BCUT2D eigenvalue weighted by molar-refractivity contribution is 7.99. The van der Waals surface area contributed by atoms with E-state index in [2.05, 4.69) is 18.3 Å². The molecule has 0 aliphatic carbocycles. The smallest absolute Gasteiger partial charge is 0.0664 e. The van der Waals surface area contributed by atoms with Crippen molar-refractivity contribution in [3.8, 4) is 0 Å². The summed E-state index contributed by atoms with van der Waals surface area (Å²) in [4.78, 5) is 1.31. The second-order valence-corrected chi connectivity index (χ2v) is 6.30. The molecule has 0 aromatic heterocycles. The quantitative estimate of drug-likeness (QED) is 0.866. The zero-order chi connectivity index (χ0) is 13.0. The number of aliphatic hydroxyl groups is 1. The van der Waals surface area contributed by atoms with Crippen LogP contribution in [-0.2, 0) is 0 Å². The molecule has 1 heterocycles. The van der Waals surface area contributed by atoms with Crippen LogP contribution in [0.2, 0.25) is 5.02 Å². The van der Waals surface area contributed by atoms with Crippen LogP contribution in [0.3, 0.4) is 0 Å². The van der Waals surface area contributed by atoms with Crippen molar-refractivity contribution in [1.82, 2.24) is 5.32 Å². The topological polar surface area (TPSA) is 32.3 Å². The molecule has 0 spiro atoms. The van der Waals surface area contributed by atoms with Crippen LogP contribution in [0.5, 0.6) is 0 Å². The van der Waals surface area contributed by atoms with Gasteiger partial charge in [0.25, 0.3) is 0 Å². The molecule has 1 aliphatic rings. The Bertz CT molecular complexity index is 399. The molecule has 0 fully saturated rings. The Morgan fingerprint density at radius 3 is 3.17 bits per heavy atom. The zero-order valence-corrected chi connectivity index (χ0v) is 12.2. The molecule has 1 aromatic carbocycles. The molecule has 4 heteroatoms. The van der Waals surface area contributed by atoms with E-state index in [4.69, 9.17) is 11.6 Å². The first-order valence-corrected chi connectivity index (χ1v) is 7.90. The normalized spacial score (nSPS) is 20.5. The molecule has 0 saturated carbocycles. The molecule has 0 radical (unpaired) electrons. The molecule has 0 saturated heterocycles. The number of thioether (sulfide) groups is 1. The monoisotopic (exact) mass is 285 g/mol. The molecule has 2 nitrogen and oxygen atoms in total. The Morgan fingerprint density at radius 1 is 1.56 bits per heavy atom. The Morgan fingerprint density at radius 2 is 2.39 bits per heavy atom. The fraction of sp³-hybridized carbons (Fsp3) is 0.571. The van der Waals surface area contributed by atoms with Gasteiger partial charge in [-0.3, -0.25) is 0 Å². The lowest BCUT2D eigenvalue weighted by Crippen LogP contribution is -2.32. The number of rotatable bonds is 5. The Labute approximate surface area is 118 Å². The lowest BCUT2D eigenvalue weighted by atomic mass is 10.0. The van der Waals surface area contributed by atoms with Gasteiger partial charge in [0, 0.05) is 22.5 Å². The third-order valence-corrected chi connectivity index (χ3v) is 4.59. The summed E-state index contributed by atoms with van der Waals surface area (Å²) >= 11 is 7.95. The average Bonchev–Trinajstić information content (AvgIpc) is 2.36. The van der Waals surface area contributed by atoms with Gasteiger partial charge in [0.05, 0.1) is 6.10 Å². The van der Waals surface area contributed by atoms with Crippen LogP contribution in [-0.4, -0.2) is 23.5 Å². The van der Waals surface area contributed by atoms with E-state index in [0.717, 1.165) is 30.0 Å². The Balaban J connectivity index is 2.01. The molecule has 2 atom stereocenters. The van der Waals surface area contributed by atoms with Gasteiger partial charge in [-0.05, 0) is 42.4 Å². The van der Waals surface area contributed by atoms with E-state index in [1.54, 1.807) is 0 Å². The van der Waals surface area contributed by atoms with Crippen molar-refractivity contribution in [3.05, 3.63) is 28.8 Å². The standard InChI is InChI=1S/C14H20ClNOS/c1-2-3-11(17)9-16-13-6-7-18-14-5-4-10(15)8-12(13)14/h4-5,8,11,13,16-17H,2-3,6-7,9H2,1H3. The van der Waals surface area contributed by atoms with E-state index < -0.39 is 0 Å². The molecular weight excluding hydrogens is 266 g/mol. The number of nitrogens with one attached hydrogen (secondary N) is 1. The van der Waals surface area contributed by atoms with Gasteiger partial charge >= 0.3 is 0 Å². The second kappa shape index (κ2) is 6.80. The minimum absolute atomic E-state index is 0.243. The SMILES string of the molecule is CCCC(O)CNC1CCSc2ccc(Cl)cc21. The van der Waals surface area contributed by atoms with Gasteiger partial charge in [-0.15, -0.1) is 11.8 Å². The lowest BCUT2D eigenvalue weighted by molar-refractivity contribution is 0.156. The number of fused-ring (bicyclic) bond motifs is 1. The summed E-state index contributed by atoms with van der Waals surface area (Å²) in [6, 6.07) is 6.42. The largest absolute Gasteiger partial charge is 0.392 e. The highest BCUT2D eigenvalue weighted by Gasteiger charge is 2.21. The third kappa shape index (κ3) is 3.64. The van der Waals surface area contributed by atoms with Crippen molar-refractivity contribution in [2.75, 3.05) is 12.3 Å². The summed E-state index contributed by atoms with van der Waals surface area (Å²) in [5, 5.41) is 14.0. The number of benzene rings is 1. The first-order valence-electron chi connectivity index (χ1n) is 6.54.